The van der Waals surface area contributed by atoms with E-state index in [1.54, 1.807) is 6.07 Å². The topological polar surface area (TPSA) is 28.2 Å². The zero-order valence-electron chi connectivity index (χ0n) is 11.0. The lowest BCUT2D eigenvalue weighted by atomic mass is 9.95. The number of piperidine rings is 1. The van der Waals surface area contributed by atoms with Gasteiger partial charge < -0.3 is 10.2 Å². The molecule has 2 heterocycles. The highest BCUT2D eigenvalue weighted by Gasteiger charge is 2.26. The molecule has 0 aromatic carbocycles. The van der Waals surface area contributed by atoms with Gasteiger partial charge in [-0.3, -0.25) is 0 Å². The number of rotatable bonds is 2. The van der Waals surface area contributed by atoms with Crippen LogP contribution in [0, 0.1) is 5.92 Å². The second-order valence-corrected chi connectivity index (χ2v) is 5.87. The quantitative estimate of drug-likeness (QED) is 0.889. The van der Waals surface area contributed by atoms with Crippen LogP contribution >= 0.6 is 23.2 Å². The fraction of sp³-hybridized carbons (Fsp3) is 0.615. The van der Waals surface area contributed by atoms with Crippen molar-refractivity contribution < 1.29 is 0 Å². The molecule has 2 rings (SSSR count). The normalized spacial score (nSPS) is 24.2. The van der Waals surface area contributed by atoms with Crippen molar-refractivity contribution in [2.24, 2.45) is 5.92 Å². The van der Waals surface area contributed by atoms with Crippen LogP contribution in [0.25, 0.3) is 0 Å². The van der Waals surface area contributed by atoms with Crippen molar-refractivity contribution in [1.82, 2.24) is 4.98 Å². The minimum absolute atomic E-state index is 0.470. The summed E-state index contributed by atoms with van der Waals surface area (Å²) in [6.45, 7) is 5.48. The van der Waals surface area contributed by atoms with Crippen molar-refractivity contribution in [3.05, 3.63) is 16.1 Å². The lowest BCUT2D eigenvalue weighted by molar-refractivity contribution is 0.388. The Bertz CT molecular complexity index is 436. The van der Waals surface area contributed by atoms with Crippen LogP contribution in [0.15, 0.2) is 6.07 Å². The zero-order chi connectivity index (χ0) is 13.3. The average molecular weight is 288 g/mol. The highest BCUT2D eigenvalue weighted by Crippen LogP contribution is 2.35. The number of halogens is 2. The SMILES string of the molecule is CNc1nc(N2CC(C)CCC2C)c(Cl)cc1Cl. The molecule has 2 unspecified atom stereocenters. The highest BCUT2D eigenvalue weighted by molar-refractivity contribution is 6.37. The summed E-state index contributed by atoms with van der Waals surface area (Å²) >= 11 is 12.4. The molecule has 1 fully saturated rings. The number of nitrogens with one attached hydrogen (secondary N) is 1. The van der Waals surface area contributed by atoms with Crippen LogP contribution in [0.3, 0.4) is 0 Å². The Morgan fingerprint density at radius 1 is 1.28 bits per heavy atom. The van der Waals surface area contributed by atoms with E-state index in [0.717, 1.165) is 12.4 Å². The molecule has 3 nitrogen and oxygen atoms in total. The van der Waals surface area contributed by atoms with Gasteiger partial charge in [-0.2, -0.15) is 0 Å². The molecular formula is C13H19Cl2N3. The summed E-state index contributed by atoms with van der Waals surface area (Å²) in [7, 11) is 1.81. The molecule has 0 bridgehead atoms. The third kappa shape index (κ3) is 2.67. The first-order valence-corrected chi connectivity index (χ1v) is 7.09. The van der Waals surface area contributed by atoms with E-state index in [1.165, 1.54) is 12.8 Å². The van der Waals surface area contributed by atoms with Gasteiger partial charge in [-0.15, -0.1) is 0 Å². The van der Waals surface area contributed by atoms with Gasteiger partial charge >= 0.3 is 0 Å². The third-order valence-electron chi connectivity index (χ3n) is 3.54. The van der Waals surface area contributed by atoms with Gasteiger partial charge in [-0.1, -0.05) is 30.1 Å². The first kappa shape index (κ1) is 13.8. The average Bonchev–Trinajstić information content (AvgIpc) is 2.33. The predicted octanol–water partition coefficient (Wildman–Crippen LogP) is 4.05. The van der Waals surface area contributed by atoms with Crippen LogP contribution in [0.4, 0.5) is 11.6 Å². The van der Waals surface area contributed by atoms with E-state index in [1.807, 2.05) is 7.05 Å². The lowest BCUT2D eigenvalue weighted by Crippen LogP contribution is -2.41. The van der Waals surface area contributed by atoms with E-state index in [9.17, 15) is 0 Å². The van der Waals surface area contributed by atoms with Crippen molar-refractivity contribution in [3.8, 4) is 0 Å². The Morgan fingerprint density at radius 2 is 2.00 bits per heavy atom. The van der Waals surface area contributed by atoms with Crippen LogP contribution in [0.2, 0.25) is 10.0 Å². The maximum atomic E-state index is 6.29. The van der Waals surface area contributed by atoms with Gasteiger partial charge in [0.1, 0.15) is 11.6 Å². The van der Waals surface area contributed by atoms with Crippen LogP contribution in [0.5, 0.6) is 0 Å². The maximum Gasteiger partial charge on any atom is 0.150 e. The number of anilines is 2. The molecule has 100 valence electrons. The molecule has 1 aliphatic rings. The fourth-order valence-electron chi connectivity index (χ4n) is 2.42. The highest BCUT2D eigenvalue weighted by atomic mass is 35.5. The van der Waals surface area contributed by atoms with Gasteiger partial charge in [0.2, 0.25) is 0 Å². The molecule has 0 radical (unpaired) electrons. The Labute approximate surface area is 118 Å². The molecule has 1 aromatic heterocycles. The minimum atomic E-state index is 0.470. The van der Waals surface area contributed by atoms with Crippen molar-refractivity contribution in [1.29, 1.82) is 0 Å². The van der Waals surface area contributed by atoms with Gasteiger partial charge in [-0.05, 0) is 31.7 Å². The van der Waals surface area contributed by atoms with E-state index >= 15 is 0 Å². The summed E-state index contributed by atoms with van der Waals surface area (Å²) in [6, 6.07) is 2.24. The minimum Gasteiger partial charge on any atom is -0.372 e. The first-order chi connectivity index (χ1) is 8.52. The predicted molar refractivity (Wildman–Crippen MR) is 79.0 cm³/mol. The van der Waals surface area contributed by atoms with Crippen molar-refractivity contribution in [3.63, 3.8) is 0 Å². The van der Waals surface area contributed by atoms with E-state index in [-0.39, 0.29) is 0 Å². The first-order valence-electron chi connectivity index (χ1n) is 6.33. The Hall–Kier alpha value is -0.670. The summed E-state index contributed by atoms with van der Waals surface area (Å²) in [5, 5.41) is 4.18. The molecule has 2 atom stereocenters. The molecule has 0 aliphatic carbocycles. The summed E-state index contributed by atoms with van der Waals surface area (Å²) in [5.41, 5.74) is 0. The molecule has 0 saturated carbocycles. The van der Waals surface area contributed by atoms with E-state index in [2.05, 4.69) is 29.0 Å². The molecule has 0 amide bonds. The fourth-order valence-corrected chi connectivity index (χ4v) is 2.98. The largest absolute Gasteiger partial charge is 0.372 e. The second-order valence-electron chi connectivity index (χ2n) is 5.06. The third-order valence-corrected chi connectivity index (χ3v) is 4.10. The Balaban J connectivity index is 2.36. The van der Waals surface area contributed by atoms with Gasteiger partial charge in [0.05, 0.1) is 10.0 Å². The summed E-state index contributed by atoms with van der Waals surface area (Å²) in [4.78, 5) is 6.84. The molecule has 0 spiro atoms. The number of hydrogen-bond acceptors (Lipinski definition) is 3. The molecule has 18 heavy (non-hydrogen) atoms. The van der Waals surface area contributed by atoms with E-state index < -0.39 is 0 Å². The van der Waals surface area contributed by atoms with E-state index in [4.69, 9.17) is 23.2 Å². The number of nitrogens with zero attached hydrogens (tertiary/aromatic N) is 2. The van der Waals surface area contributed by atoms with E-state index in [0.29, 0.717) is 27.8 Å². The van der Waals surface area contributed by atoms with Crippen molar-refractivity contribution in [2.75, 3.05) is 23.8 Å². The monoisotopic (exact) mass is 287 g/mol. The molecule has 1 aromatic rings. The van der Waals surface area contributed by atoms with Crippen LogP contribution < -0.4 is 10.2 Å². The van der Waals surface area contributed by atoms with Gasteiger partial charge in [0, 0.05) is 19.6 Å². The van der Waals surface area contributed by atoms with Crippen LogP contribution in [-0.4, -0.2) is 24.6 Å². The molecule has 5 heteroatoms. The lowest BCUT2D eigenvalue weighted by Gasteiger charge is -2.38. The molecular weight excluding hydrogens is 269 g/mol. The maximum absolute atomic E-state index is 6.29. The molecule has 1 aliphatic heterocycles. The molecule has 1 N–H and O–H groups in total. The Morgan fingerprint density at radius 3 is 2.67 bits per heavy atom. The van der Waals surface area contributed by atoms with Gasteiger partial charge in [0.15, 0.2) is 0 Å². The second kappa shape index (κ2) is 5.54. The smallest absolute Gasteiger partial charge is 0.150 e. The Kier molecular flexibility index (Phi) is 4.23. The standard InChI is InChI=1S/C13H19Cl2N3/c1-8-4-5-9(2)18(7-8)13-11(15)6-10(14)12(16-3)17-13/h6,8-9H,4-5,7H2,1-3H3,(H,16,17). The van der Waals surface area contributed by atoms with Gasteiger partial charge in [0.25, 0.3) is 0 Å². The van der Waals surface area contributed by atoms with Crippen molar-refractivity contribution in [2.45, 2.75) is 32.7 Å². The number of hydrogen-bond donors (Lipinski definition) is 1. The zero-order valence-corrected chi connectivity index (χ0v) is 12.5. The number of aromatic nitrogens is 1. The van der Waals surface area contributed by atoms with Crippen molar-refractivity contribution >= 4 is 34.8 Å². The summed E-state index contributed by atoms with van der Waals surface area (Å²) in [5.74, 6) is 2.19. The van der Waals surface area contributed by atoms with Gasteiger partial charge in [-0.25, -0.2) is 4.98 Å². The number of pyridine rings is 1. The molecule has 1 saturated heterocycles. The summed E-state index contributed by atoms with van der Waals surface area (Å²) in [6.07, 6.45) is 2.44. The summed E-state index contributed by atoms with van der Waals surface area (Å²) < 4.78 is 0. The van der Waals surface area contributed by atoms with Crippen LogP contribution in [0.1, 0.15) is 26.7 Å². The van der Waals surface area contributed by atoms with Crippen LogP contribution in [-0.2, 0) is 0 Å².